The van der Waals surface area contributed by atoms with Gasteiger partial charge >= 0.3 is 0 Å². The molecule has 0 radical (unpaired) electrons. The van der Waals surface area contributed by atoms with Gasteiger partial charge in [-0.15, -0.1) is 0 Å². The number of hydrogen-bond acceptors (Lipinski definition) is 3. The topological polar surface area (TPSA) is 36.8 Å². The highest BCUT2D eigenvalue weighted by Crippen LogP contribution is 2.20. The van der Waals surface area contributed by atoms with Gasteiger partial charge in [-0.1, -0.05) is 33.1 Å². The molecule has 0 spiro atoms. The molecular weight excluding hydrogens is 222 g/mol. The Balaban J connectivity index is 2.03. The van der Waals surface area contributed by atoms with E-state index < -0.39 is 0 Å². The summed E-state index contributed by atoms with van der Waals surface area (Å²) in [6.45, 7) is 8.92. The highest BCUT2D eigenvalue weighted by Gasteiger charge is 2.21. The molecule has 1 rings (SSSR count). The van der Waals surface area contributed by atoms with Gasteiger partial charge in [-0.25, -0.2) is 0 Å². The summed E-state index contributed by atoms with van der Waals surface area (Å²) in [7, 11) is 0. The minimum absolute atomic E-state index is 0.173. The van der Waals surface area contributed by atoms with Crippen molar-refractivity contribution in [1.29, 1.82) is 0 Å². The lowest BCUT2D eigenvalue weighted by molar-refractivity contribution is 0.400. The van der Waals surface area contributed by atoms with Crippen LogP contribution in [0.4, 0.5) is 0 Å². The predicted molar refractivity (Wildman–Crippen MR) is 80.8 cm³/mol. The highest BCUT2D eigenvalue weighted by molar-refractivity contribution is 6.17. The number of nitrogens with zero attached hydrogens (tertiary/aromatic N) is 2. The zero-order chi connectivity index (χ0) is 13.3. The summed E-state index contributed by atoms with van der Waals surface area (Å²) in [5.74, 6) is 0.850. The molecule has 3 nitrogen and oxygen atoms in total. The molecule has 1 aliphatic heterocycles. The van der Waals surface area contributed by atoms with E-state index in [1.165, 1.54) is 32.2 Å². The molecule has 0 fully saturated rings. The van der Waals surface area contributed by atoms with E-state index in [-0.39, 0.29) is 5.66 Å². The summed E-state index contributed by atoms with van der Waals surface area (Å²) in [6.07, 6.45) is 11.1. The van der Waals surface area contributed by atoms with Crippen molar-refractivity contribution in [3.8, 4) is 0 Å². The second kappa shape index (κ2) is 8.41. The molecule has 1 N–H and O–H groups in total. The second-order valence-corrected chi connectivity index (χ2v) is 5.50. The van der Waals surface area contributed by atoms with E-state index in [2.05, 4.69) is 36.1 Å². The van der Waals surface area contributed by atoms with E-state index >= 15 is 0 Å². The van der Waals surface area contributed by atoms with Crippen molar-refractivity contribution < 1.29 is 0 Å². The molecule has 1 atom stereocenters. The first-order valence-electron chi connectivity index (χ1n) is 7.50. The molecule has 0 saturated heterocycles. The SMILES string of the molecule is CCCCC(CC)CNCCCC1(C)N=CC=N1. The minimum Gasteiger partial charge on any atom is -0.316 e. The van der Waals surface area contributed by atoms with Gasteiger partial charge in [0, 0.05) is 12.4 Å². The van der Waals surface area contributed by atoms with Gasteiger partial charge in [0.05, 0.1) is 0 Å². The number of hydrogen-bond donors (Lipinski definition) is 1. The van der Waals surface area contributed by atoms with Crippen LogP contribution in [0.3, 0.4) is 0 Å². The molecule has 1 unspecified atom stereocenters. The summed E-state index contributed by atoms with van der Waals surface area (Å²) < 4.78 is 0. The first-order valence-corrected chi connectivity index (χ1v) is 7.50. The first-order chi connectivity index (χ1) is 8.70. The lowest BCUT2D eigenvalue weighted by Gasteiger charge is -2.18. The number of nitrogens with one attached hydrogen (secondary N) is 1. The van der Waals surface area contributed by atoms with Crippen LogP contribution in [0.5, 0.6) is 0 Å². The van der Waals surface area contributed by atoms with E-state index in [0.29, 0.717) is 0 Å². The standard InChI is InChI=1S/C15H29N3/c1-4-6-8-14(5-2)13-16-10-7-9-15(3)17-11-12-18-15/h11-12,14,16H,4-10,13H2,1-3H3. The third kappa shape index (κ3) is 5.76. The molecule has 0 aromatic carbocycles. The normalized spacial score (nSPS) is 18.4. The van der Waals surface area contributed by atoms with Crippen LogP contribution >= 0.6 is 0 Å². The van der Waals surface area contributed by atoms with Crippen molar-refractivity contribution in [3.05, 3.63) is 0 Å². The molecule has 1 aliphatic rings. The van der Waals surface area contributed by atoms with Crippen LogP contribution in [0.15, 0.2) is 9.98 Å². The molecule has 18 heavy (non-hydrogen) atoms. The van der Waals surface area contributed by atoms with Crippen molar-refractivity contribution >= 4 is 12.4 Å². The Labute approximate surface area is 112 Å². The molecule has 0 aromatic heterocycles. The van der Waals surface area contributed by atoms with Crippen LogP contribution in [-0.4, -0.2) is 31.2 Å². The number of aliphatic imine (C=N–C) groups is 2. The van der Waals surface area contributed by atoms with Gasteiger partial charge in [0.15, 0.2) is 0 Å². The van der Waals surface area contributed by atoms with Crippen molar-refractivity contribution in [3.63, 3.8) is 0 Å². The summed E-state index contributed by atoms with van der Waals surface area (Å²) >= 11 is 0. The molecule has 0 bridgehead atoms. The average molecular weight is 251 g/mol. The molecule has 0 aromatic rings. The van der Waals surface area contributed by atoms with E-state index in [1.54, 1.807) is 0 Å². The third-order valence-electron chi connectivity index (χ3n) is 3.75. The fourth-order valence-corrected chi connectivity index (χ4v) is 2.35. The van der Waals surface area contributed by atoms with Crippen LogP contribution in [-0.2, 0) is 0 Å². The van der Waals surface area contributed by atoms with E-state index in [0.717, 1.165) is 25.3 Å². The van der Waals surface area contributed by atoms with Crippen LogP contribution in [0.25, 0.3) is 0 Å². The Morgan fingerprint density at radius 2 is 1.89 bits per heavy atom. The van der Waals surface area contributed by atoms with E-state index in [4.69, 9.17) is 0 Å². The molecule has 3 heteroatoms. The van der Waals surface area contributed by atoms with Crippen LogP contribution in [0, 0.1) is 5.92 Å². The smallest absolute Gasteiger partial charge is 0.147 e. The van der Waals surface area contributed by atoms with Crippen LogP contribution in [0.1, 0.15) is 59.3 Å². The summed E-state index contributed by atoms with van der Waals surface area (Å²) in [5, 5.41) is 3.58. The van der Waals surface area contributed by atoms with E-state index in [9.17, 15) is 0 Å². The minimum atomic E-state index is -0.173. The maximum Gasteiger partial charge on any atom is 0.147 e. The fraction of sp³-hybridized carbons (Fsp3) is 0.867. The third-order valence-corrected chi connectivity index (χ3v) is 3.75. The molecule has 0 aliphatic carbocycles. The van der Waals surface area contributed by atoms with Gasteiger partial charge in [0.1, 0.15) is 5.66 Å². The summed E-state index contributed by atoms with van der Waals surface area (Å²) in [4.78, 5) is 8.76. The van der Waals surface area contributed by atoms with Crippen LogP contribution in [0.2, 0.25) is 0 Å². The highest BCUT2D eigenvalue weighted by atomic mass is 15.1. The van der Waals surface area contributed by atoms with E-state index in [1.807, 2.05) is 12.4 Å². The maximum absolute atomic E-state index is 4.38. The molecule has 1 heterocycles. The quantitative estimate of drug-likeness (QED) is 0.593. The van der Waals surface area contributed by atoms with Crippen molar-refractivity contribution in [2.75, 3.05) is 13.1 Å². The van der Waals surface area contributed by atoms with Crippen molar-refractivity contribution in [2.45, 2.75) is 65.0 Å². The van der Waals surface area contributed by atoms with Crippen LogP contribution < -0.4 is 5.32 Å². The van der Waals surface area contributed by atoms with Gasteiger partial charge in [-0.05, 0) is 45.2 Å². The maximum atomic E-state index is 4.38. The Bertz CT molecular complexity index is 259. The molecule has 0 saturated carbocycles. The fourth-order valence-electron chi connectivity index (χ4n) is 2.35. The molecule has 0 amide bonds. The largest absolute Gasteiger partial charge is 0.316 e. The lowest BCUT2D eigenvalue weighted by Crippen LogP contribution is -2.25. The Morgan fingerprint density at radius 1 is 1.17 bits per heavy atom. The summed E-state index contributed by atoms with van der Waals surface area (Å²) in [6, 6.07) is 0. The van der Waals surface area contributed by atoms with Gasteiger partial charge < -0.3 is 5.32 Å². The Morgan fingerprint density at radius 3 is 2.50 bits per heavy atom. The zero-order valence-electron chi connectivity index (χ0n) is 12.3. The number of rotatable bonds is 10. The van der Waals surface area contributed by atoms with Gasteiger partial charge in [0.25, 0.3) is 0 Å². The van der Waals surface area contributed by atoms with Gasteiger partial charge in [-0.2, -0.15) is 0 Å². The van der Waals surface area contributed by atoms with Crippen molar-refractivity contribution in [2.24, 2.45) is 15.9 Å². The zero-order valence-corrected chi connectivity index (χ0v) is 12.3. The number of unbranched alkanes of at least 4 members (excludes halogenated alkanes) is 1. The molecule has 104 valence electrons. The molecular formula is C15H29N3. The van der Waals surface area contributed by atoms with Crippen molar-refractivity contribution in [1.82, 2.24) is 5.32 Å². The van der Waals surface area contributed by atoms with Gasteiger partial charge in [-0.3, -0.25) is 9.98 Å². The Kier molecular flexibility index (Phi) is 7.18. The predicted octanol–water partition coefficient (Wildman–Crippen LogP) is 3.44. The average Bonchev–Trinajstić information content (AvgIpc) is 2.80. The summed E-state index contributed by atoms with van der Waals surface area (Å²) in [5.41, 5.74) is -0.173. The second-order valence-electron chi connectivity index (χ2n) is 5.50. The monoisotopic (exact) mass is 251 g/mol. The van der Waals surface area contributed by atoms with Gasteiger partial charge in [0.2, 0.25) is 0 Å². The Hall–Kier alpha value is -0.700. The lowest BCUT2D eigenvalue weighted by atomic mass is 9.99. The first kappa shape index (κ1) is 15.4.